The molecule has 0 fully saturated rings. The normalized spacial score (nSPS) is 18.0. The van der Waals surface area contributed by atoms with Gasteiger partial charge in [0, 0.05) is 41.6 Å². The second kappa shape index (κ2) is 12.7. The molecular weight excluding hydrogens is 478 g/mol. The summed E-state index contributed by atoms with van der Waals surface area (Å²) in [4.78, 5) is 28.1. The third-order valence-electron chi connectivity index (χ3n) is 6.79. The maximum absolute atomic E-state index is 13.7. The number of fused-ring (bicyclic) bond motifs is 1. The van der Waals surface area contributed by atoms with Crippen molar-refractivity contribution in [2.45, 2.75) is 52.6 Å². The second-order valence-electron chi connectivity index (χ2n) is 10.1. The molecule has 0 bridgehead atoms. The van der Waals surface area contributed by atoms with Crippen molar-refractivity contribution in [1.82, 2.24) is 0 Å². The molecule has 202 valence electrons. The van der Waals surface area contributed by atoms with Crippen molar-refractivity contribution in [3.8, 4) is 0 Å². The second-order valence-corrected chi connectivity index (χ2v) is 10.1. The van der Waals surface area contributed by atoms with E-state index in [1.807, 2.05) is 13.0 Å². The standard InChI is InChI=1S/C31H39N3O4/c1-21(2)8-7-9-22(3)17-18-34-28-16-15-26(33-29(36)24-11-13-25(32)14-12-24)20-27(28)31(38,30(34)37)23(4)10-5-6-19-35/h5,8,10-17,20,23,35,38H,6-7,9,18-19,32H2,1-4H3,(H,33,36)/b10-5+,22-17+/t23-,31+/m1/s1. The molecule has 0 spiro atoms. The van der Waals surface area contributed by atoms with Gasteiger partial charge < -0.3 is 26.2 Å². The van der Waals surface area contributed by atoms with Gasteiger partial charge in [0.15, 0.2) is 5.60 Å². The fraction of sp³-hybridized carbons (Fsp3) is 0.355. The van der Waals surface area contributed by atoms with Crippen molar-refractivity contribution < 1.29 is 19.8 Å². The molecule has 0 aromatic heterocycles. The van der Waals surface area contributed by atoms with Gasteiger partial charge in [-0.05, 0) is 82.5 Å². The lowest BCUT2D eigenvalue weighted by Crippen LogP contribution is -2.44. The molecule has 38 heavy (non-hydrogen) atoms. The van der Waals surface area contributed by atoms with Gasteiger partial charge in [-0.2, -0.15) is 0 Å². The lowest BCUT2D eigenvalue weighted by Gasteiger charge is -2.27. The van der Waals surface area contributed by atoms with Crippen molar-refractivity contribution in [2.24, 2.45) is 5.92 Å². The highest BCUT2D eigenvalue weighted by Gasteiger charge is 2.52. The number of amides is 2. The van der Waals surface area contributed by atoms with Crippen molar-refractivity contribution in [1.29, 1.82) is 0 Å². The molecule has 0 aliphatic carbocycles. The number of rotatable bonds is 11. The summed E-state index contributed by atoms with van der Waals surface area (Å²) in [5, 5.41) is 23.9. The number of anilines is 3. The van der Waals surface area contributed by atoms with Crippen LogP contribution in [0, 0.1) is 5.92 Å². The number of allylic oxidation sites excluding steroid dienone is 3. The summed E-state index contributed by atoms with van der Waals surface area (Å²) >= 11 is 0. The van der Waals surface area contributed by atoms with Crippen LogP contribution in [0.4, 0.5) is 17.1 Å². The van der Waals surface area contributed by atoms with Gasteiger partial charge in [0.2, 0.25) is 0 Å². The molecule has 1 aliphatic heterocycles. The van der Waals surface area contributed by atoms with Gasteiger partial charge in [0.1, 0.15) is 0 Å². The molecule has 7 nitrogen and oxygen atoms in total. The van der Waals surface area contributed by atoms with E-state index in [1.165, 1.54) is 5.57 Å². The number of aliphatic hydroxyl groups excluding tert-OH is 1. The topological polar surface area (TPSA) is 116 Å². The molecule has 2 aromatic carbocycles. The number of nitrogens with zero attached hydrogens (tertiary/aromatic N) is 1. The SMILES string of the molecule is CC(C)=CCC/C(C)=C/CN1C(=O)[C@](O)([C@H](C)/C=C/CCO)c2cc(NC(=O)c3ccc(N)cc3)ccc21. The highest BCUT2D eigenvalue weighted by Crippen LogP contribution is 2.46. The Morgan fingerprint density at radius 1 is 1.11 bits per heavy atom. The van der Waals surface area contributed by atoms with Gasteiger partial charge in [-0.15, -0.1) is 0 Å². The third-order valence-corrected chi connectivity index (χ3v) is 6.79. The molecule has 2 aromatic rings. The lowest BCUT2D eigenvalue weighted by atomic mass is 9.82. The first-order valence-electron chi connectivity index (χ1n) is 13.0. The zero-order valence-electron chi connectivity index (χ0n) is 22.7. The number of nitrogens with two attached hydrogens (primary N) is 1. The predicted molar refractivity (Wildman–Crippen MR) is 154 cm³/mol. The third kappa shape index (κ3) is 6.60. The highest BCUT2D eigenvalue weighted by molar-refractivity contribution is 6.09. The van der Waals surface area contributed by atoms with Crippen LogP contribution in [0.3, 0.4) is 0 Å². The average molecular weight is 518 g/mol. The lowest BCUT2D eigenvalue weighted by molar-refractivity contribution is -0.139. The van der Waals surface area contributed by atoms with Crippen LogP contribution < -0.4 is 16.0 Å². The van der Waals surface area contributed by atoms with Gasteiger partial charge in [0.25, 0.3) is 11.8 Å². The van der Waals surface area contributed by atoms with Gasteiger partial charge in [0.05, 0.1) is 5.69 Å². The number of carbonyl (C=O) groups excluding carboxylic acids is 2. The highest BCUT2D eigenvalue weighted by atomic mass is 16.3. The summed E-state index contributed by atoms with van der Waals surface area (Å²) in [6.45, 7) is 8.28. The van der Waals surface area contributed by atoms with Crippen LogP contribution in [0.2, 0.25) is 0 Å². The maximum atomic E-state index is 13.7. The number of nitrogens with one attached hydrogen (secondary N) is 1. The summed E-state index contributed by atoms with van der Waals surface area (Å²) in [6, 6.07) is 11.8. The van der Waals surface area contributed by atoms with Gasteiger partial charge in [-0.3, -0.25) is 9.59 Å². The Kier molecular flexibility index (Phi) is 9.66. The van der Waals surface area contributed by atoms with Gasteiger partial charge in [-0.1, -0.05) is 42.4 Å². The van der Waals surface area contributed by atoms with Crippen molar-refractivity contribution in [3.63, 3.8) is 0 Å². The van der Waals surface area contributed by atoms with E-state index in [1.54, 1.807) is 66.4 Å². The van der Waals surface area contributed by atoms with E-state index in [4.69, 9.17) is 10.8 Å². The van der Waals surface area contributed by atoms with E-state index < -0.39 is 17.4 Å². The smallest absolute Gasteiger partial charge is 0.264 e. The Hall–Kier alpha value is -3.68. The van der Waals surface area contributed by atoms with E-state index in [2.05, 4.69) is 25.2 Å². The monoisotopic (exact) mass is 517 g/mol. The molecule has 1 heterocycles. The number of aliphatic hydroxyl groups is 2. The van der Waals surface area contributed by atoms with Crippen LogP contribution in [-0.4, -0.2) is 35.2 Å². The van der Waals surface area contributed by atoms with E-state index in [-0.39, 0.29) is 12.5 Å². The van der Waals surface area contributed by atoms with Crippen LogP contribution in [0.25, 0.3) is 0 Å². The van der Waals surface area contributed by atoms with E-state index in [0.717, 1.165) is 18.4 Å². The Morgan fingerprint density at radius 3 is 2.47 bits per heavy atom. The minimum absolute atomic E-state index is 0.0174. The Morgan fingerprint density at radius 2 is 1.82 bits per heavy atom. The van der Waals surface area contributed by atoms with E-state index in [9.17, 15) is 14.7 Å². The molecule has 5 N–H and O–H groups in total. The maximum Gasteiger partial charge on any atom is 0.264 e. The van der Waals surface area contributed by atoms with Crippen LogP contribution in [0.15, 0.2) is 77.9 Å². The number of benzene rings is 2. The molecule has 0 unspecified atom stereocenters. The number of carbonyl (C=O) groups is 2. The van der Waals surface area contributed by atoms with Gasteiger partial charge >= 0.3 is 0 Å². The Bertz CT molecular complexity index is 1240. The summed E-state index contributed by atoms with van der Waals surface area (Å²) in [6.07, 6.45) is 9.97. The number of nitrogen functional groups attached to an aromatic ring is 1. The first-order valence-corrected chi connectivity index (χ1v) is 13.0. The molecule has 1 aliphatic rings. The zero-order chi connectivity index (χ0) is 27.9. The molecule has 2 atom stereocenters. The fourth-order valence-corrected chi connectivity index (χ4v) is 4.50. The Balaban J connectivity index is 1.93. The van der Waals surface area contributed by atoms with Crippen LogP contribution >= 0.6 is 0 Å². The summed E-state index contributed by atoms with van der Waals surface area (Å²) in [5.74, 6) is -1.29. The largest absolute Gasteiger partial charge is 0.399 e. The fourth-order valence-electron chi connectivity index (χ4n) is 4.50. The minimum atomic E-state index is -1.81. The van der Waals surface area contributed by atoms with Crippen molar-refractivity contribution >= 4 is 28.9 Å². The van der Waals surface area contributed by atoms with Crippen molar-refractivity contribution in [3.05, 3.63) is 89.0 Å². The first kappa shape index (κ1) is 28.9. The number of hydrogen-bond donors (Lipinski definition) is 4. The van der Waals surface area contributed by atoms with E-state index in [0.29, 0.717) is 41.2 Å². The molecule has 0 saturated carbocycles. The first-order chi connectivity index (χ1) is 18.1. The van der Waals surface area contributed by atoms with Gasteiger partial charge in [-0.25, -0.2) is 0 Å². The van der Waals surface area contributed by atoms with Crippen LogP contribution in [-0.2, 0) is 10.4 Å². The molecule has 0 radical (unpaired) electrons. The summed E-state index contributed by atoms with van der Waals surface area (Å²) in [7, 11) is 0. The molecule has 7 heteroatoms. The molecular formula is C31H39N3O4. The predicted octanol–water partition coefficient (Wildman–Crippen LogP) is 5.32. The summed E-state index contributed by atoms with van der Waals surface area (Å²) in [5.41, 5.74) is 8.88. The molecule has 0 saturated heterocycles. The number of hydrogen-bond acceptors (Lipinski definition) is 5. The Labute approximate surface area is 225 Å². The quantitative estimate of drug-likeness (QED) is 0.238. The van der Waals surface area contributed by atoms with Crippen LogP contribution in [0.5, 0.6) is 0 Å². The average Bonchev–Trinajstić information content (AvgIpc) is 3.09. The van der Waals surface area contributed by atoms with Crippen LogP contribution in [0.1, 0.15) is 62.9 Å². The summed E-state index contributed by atoms with van der Waals surface area (Å²) < 4.78 is 0. The molecule has 3 rings (SSSR count). The van der Waals surface area contributed by atoms with E-state index >= 15 is 0 Å². The zero-order valence-corrected chi connectivity index (χ0v) is 22.7. The minimum Gasteiger partial charge on any atom is -0.399 e. The molecule has 2 amide bonds. The van der Waals surface area contributed by atoms with Crippen molar-refractivity contribution in [2.75, 3.05) is 29.1 Å².